The molecule has 2 aromatic heterocycles. The number of nitrogens with two attached hydrogens (primary N) is 1. The Hall–Kier alpha value is -3.16. The monoisotopic (exact) mass is 463 g/mol. The Kier molecular flexibility index (Phi) is 5.26. The second-order valence-electron chi connectivity index (χ2n) is 9.31. The van der Waals surface area contributed by atoms with Crippen LogP contribution in [-0.2, 0) is 10.2 Å². The fourth-order valence-corrected chi connectivity index (χ4v) is 4.64. The molecule has 1 amide bonds. The van der Waals surface area contributed by atoms with E-state index < -0.39 is 5.91 Å². The van der Waals surface area contributed by atoms with Crippen LogP contribution < -0.4 is 10.6 Å². The molecule has 33 heavy (non-hydrogen) atoms. The van der Waals surface area contributed by atoms with Crippen LogP contribution in [0.5, 0.6) is 0 Å². The minimum Gasteiger partial charge on any atom is -0.378 e. The Labute approximate surface area is 197 Å². The lowest BCUT2D eigenvalue weighted by Crippen LogP contribution is -2.36. The number of primary amides is 1. The molecule has 1 aliphatic rings. The number of carbonyl (C=O) groups excluding carboxylic acids is 1. The Morgan fingerprint density at radius 2 is 1.88 bits per heavy atom. The fraction of sp³-hybridized carbons (Fsp3) is 0.320. The summed E-state index contributed by atoms with van der Waals surface area (Å²) in [6.07, 6.45) is 1.75. The van der Waals surface area contributed by atoms with Gasteiger partial charge in [0.05, 0.1) is 40.5 Å². The van der Waals surface area contributed by atoms with Gasteiger partial charge in [-0.05, 0) is 24.3 Å². The summed E-state index contributed by atoms with van der Waals surface area (Å²) >= 11 is 6.46. The number of aromatic nitrogens is 3. The van der Waals surface area contributed by atoms with E-state index in [1.165, 1.54) is 0 Å². The van der Waals surface area contributed by atoms with Crippen molar-refractivity contribution in [3.05, 3.63) is 59.0 Å². The molecule has 8 heteroatoms. The predicted molar refractivity (Wildman–Crippen MR) is 132 cm³/mol. The smallest absolute Gasteiger partial charge is 0.251 e. The number of halogens is 1. The maximum atomic E-state index is 12.5. The number of hydrogen-bond acceptors (Lipinski definition) is 5. The van der Waals surface area contributed by atoms with E-state index in [0.717, 1.165) is 46.7 Å². The average molecular weight is 464 g/mol. The van der Waals surface area contributed by atoms with Crippen molar-refractivity contribution >= 4 is 45.1 Å². The zero-order valence-electron chi connectivity index (χ0n) is 18.9. The number of pyridine rings is 1. The van der Waals surface area contributed by atoms with Crippen LogP contribution in [-0.4, -0.2) is 46.7 Å². The lowest BCUT2D eigenvalue weighted by Gasteiger charge is -2.29. The zero-order valence-corrected chi connectivity index (χ0v) is 19.7. The van der Waals surface area contributed by atoms with E-state index in [9.17, 15) is 4.79 Å². The topological polar surface area (TPSA) is 86.3 Å². The molecule has 0 spiro atoms. The Morgan fingerprint density at radius 1 is 1.12 bits per heavy atom. The second-order valence-corrected chi connectivity index (χ2v) is 9.72. The number of rotatable bonds is 3. The predicted octanol–water partition coefficient (Wildman–Crippen LogP) is 4.46. The van der Waals surface area contributed by atoms with Crippen molar-refractivity contribution < 1.29 is 9.53 Å². The van der Waals surface area contributed by atoms with Gasteiger partial charge >= 0.3 is 0 Å². The van der Waals surface area contributed by atoms with Crippen molar-refractivity contribution in [3.8, 4) is 5.69 Å². The van der Waals surface area contributed by atoms with Gasteiger partial charge in [-0.2, -0.15) is 0 Å². The normalized spacial score (nSPS) is 14.8. The summed E-state index contributed by atoms with van der Waals surface area (Å²) in [5.74, 6) is 0.328. The molecule has 0 atom stereocenters. The third kappa shape index (κ3) is 3.71. The van der Waals surface area contributed by atoms with Crippen LogP contribution in [0.25, 0.3) is 27.6 Å². The van der Waals surface area contributed by atoms with E-state index in [1.807, 2.05) is 30.3 Å². The number of hydrogen-bond donors (Lipinski definition) is 1. The molecule has 3 heterocycles. The van der Waals surface area contributed by atoms with Gasteiger partial charge in [0.15, 0.2) is 0 Å². The Balaban J connectivity index is 1.89. The molecule has 170 valence electrons. The maximum Gasteiger partial charge on any atom is 0.251 e. The van der Waals surface area contributed by atoms with E-state index in [0.29, 0.717) is 29.3 Å². The number of nitrogens with zero attached hydrogens (tertiary/aromatic N) is 4. The van der Waals surface area contributed by atoms with Gasteiger partial charge in [0, 0.05) is 35.8 Å². The third-order valence-corrected chi connectivity index (χ3v) is 6.30. The van der Waals surface area contributed by atoms with Crippen molar-refractivity contribution in [2.75, 3.05) is 31.2 Å². The van der Waals surface area contributed by atoms with Crippen LogP contribution in [0.1, 0.15) is 37.0 Å². The lowest BCUT2D eigenvalue weighted by atomic mass is 9.95. The summed E-state index contributed by atoms with van der Waals surface area (Å²) in [7, 11) is 0. The standard InChI is InChI=1S/C25H26ClN5O2/c1-25(2,3)24-29-22-17(23(27)32)13-15(30-9-11-33-12-10-30)14-20(22)31(24)19-7-8-28-21-16(19)5-4-6-18(21)26/h4-8,13-14H,9-12H2,1-3H3,(H2,27,32). The van der Waals surface area contributed by atoms with Crippen molar-refractivity contribution in [1.29, 1.82) is 0 Å². The highest BCUT2D eigenvalue weighted by Crippen LogP contribution is 2.36. The van der Waals surface area contributed by atoms with E-state index in [1.54, 1.807) is 6.20 Å². The van der Waals surface area contributed by atoms with Gasteiger partial charge in [-0.3, -0.25) is 14.3 Å². The van der Waals surface area contributed by atoms with Gasteiger partial charge in [-0.1, -0.05) is 44.5 Å². The zero-order chi connectivity index (χ0) is 23.3. The minimum absolute atomic E-state index is 0.304. The van der Waals surface area contributed by atoms with E-state index >= 15 is 0 Å². The van der Waals surface area contributed by atoms with Gasteiger partial charge < -0.3 is 15.4 Å². The summed E-state index contributed by atoms with van der Waals surface area (Å²) in [5, 5.41) is 1.50. The highest BCUT2D eigenvalue weighted by atomic mass is 35.5. The van der Waals surface area contributed by atoms with Crippen LogP contribution in [0.15, 0.2) is 42.6 Å². The molecule has 4 aromatic rings. The number of amides is 1. The molecule has 1 saturated heterocycles. The number of morpholine rings is 1. The van der Waals surface area contributed by atoms with Gasteiger partial charge in [0.2, 0.25) is 0 Å². The summed E-state index contributed by atoms with van der Waals surface area (Å²) in [4.78, 5) is 24.2. The van der Waals surface area contributed by atoms with Gasteiger partial charge in [0.25, 0.3) is 5.91 Å². The summed E-state index contributed by atoms with van der Waals surface area (Å²) < 4.78 is 7.63. The van der Waals surface area contributed by atoms with E-state index in [4.69, 9.17) is 27.1 Å². The maximum absolute atomic E-state index is 12.5. The molecule has 5 rings (SSSR count). The van der Waals surface area contributed by atoms with Gasteiger partial charge in [0.1, 0.15) is 11.3 Å². The largest absolute Gasteiger partial charge is 0.378 e. The van der Waals surface area contributed by atoms with Crippen LogP contribution in [0.2, 0.25) is 5.02 Å². The molecular formula is C25H26ClN5O2. The van der Waals surface area contributed by atoms with Crippen molar-refractivity contribution in [2.24, 2.45) is 5.73 Å². The SMILES string of the molecule is CC(C)(C)c1nc2c(C(N)=O)cc(N3CCOCC3)cc2n1-c1ccnc2c(Cl)cccc12. The molecule has 0 saturated carbocycles. The fourth-order valence-electron chi connectivity index (χ4n) is 4.42. The third-order valence-electron chi connectivity index (χ3n) is 6.00. The molecule has 0 unspecified atom stereocenters. The first-order chi connectivity index (χ1) is 15.8. The second kappa shape index (κ2) is 8.01. The first kappa shape index (κ1) is 21.7. The number of ether oxygens (including phenoxy) is 1. The molecule has 7 nitrogen and oxygen atoms in total. The van der Waals surface area contributed by atoms with Crippen LogP contribution >= 0.6 is 11.6 Å². The molecule has 0 bridgehead atoms. The van der Waals surface area contributed by atoms with Crippen molar-refractivity contribution in [1.82, 2.24) is 14.5 Å². The number of benzene rings is 2. The van der Waals surface area contributed by atoms with Gasteiger partial charge in [-0.15, -0.1) is 0 Å². The number of para-hydroxylation sites is 1. The number of carbonyl (C=O) groups is 1. The van der Waals surface area contributed by atoms with Crippen LogP contribution in [0.4, 0.5) is 5.69 Å². The van der Waals surface area contributed by atoms with Crippen molar-refractivity contribution in [2.45, 2.75) is 26.2 Å². The number of fused-ring (bicyclic) bond motifs is 2. The van der Waals surface area contributed by atoms with Crippen LogP contribution in [0.3, 0.4) is 0 Å². The lowest BCUT2D eigenvalue weighted by molar-refractivity contribution is 0.100. The summed E-state index contributed by atoms with van der Waals surface area (Å²) in [6, 6.07) is 11.6. The quantitative estimate of drug-likeness (QED) is 0.484. The molecule has 2 N–H and O–H groups in total. The Bertz CT molecular complexity index is 1380. The Morgan fingerprint density at radius 3 is 2.58 bits per heavy atom. The molecular weight excluding hydrogens is 438 g/mol. The molecule has 1 fully saturated rings. The summed E-state index contributed by atoms with van der Waals surface area (Å²) in [5.41, 5.74) is 9.92. The highest BCUT2D eigenvalue weighted by Gasteiger charge is 2.28. The number of imidazole rings is 1. The minimum atomic E-state index is -0.497. The molecule has 1 aliphatic heterocycles. The number of anilines is 1. The van der Waals surface area contributed by atoms with E-state index in [-0.39, 0.29) is 5.41 Å². The first-order valence-electron chi connectivity index (χ1n) is 11.0. The highest BCUT2D eigenvalue weighted by molar-refractivity contribution is 6.35. The van der Waals surface area contributed by atoms with E-state index in [2.05, 4.69) is 41.3 Å². The average Bonchev–Trinajstić information content (AvgIpc) is 3.19. The molecule has 0 aliphatic carbocycles. The first-order valence-corrected chi connectivity index (χ1v) is 11.4. The van der Waals surface area contributed by atoms with Crippen LogP contribution in [0, 0.1) is 0 Å². The van der Waals surface area contributed by atoms with Crippen molar-refractivity contribution in [3.63, 3.8) is 0 Å². The molecule has 0 radical (unpaired) electrons. The van der Waals surface area contributed by atoms with Gasteiger partial charge in [-0.25, -0.2) is 4.98 Å². The molecule has 2 aromatic carbocycles. The summed E-state index contributed by atoms with van der Waals surface area (Å²) in [6.45, 7) is 9.10.